The number of hydrogen-bond acceptors (Lipinski definition) is 7. The highest BCUT2D eigenvalue weighted by molar-refractivity contribution is 5.71. The predicted octanol–water partition coefficient (Wildman–Crippen LogP) is 18.5. The number of nitrogens with zero attached hydrogens (tertiary/aromatic N) is 1. The Morgan fingerprint density at radius 1 is 0.403 bits per heavy atom. The van der Waals surface area contributed by atoms with Gasteiger partial charge in [-0.3, -0.25) is 9.59 Å². The molecule has 0 amide bonds. The molecule has 0 fully saturated rings. The van der Waals surface area contributed by atoms with Gasteiger partial charge in [0.15, 0.2) is 6.10 Å². The molecule has 0 aromatic heterocycles. The van der Waals surface area contributed by atoms with Crippen molar-refractivity contribution in [1.29, 1.82) is 0 Å². The highest BCUT2D eigenvalue weighted by Gasteiger charge is 2.25. The molecule has 0 rings (SSSR count). The minimum absolute atomic E-state index is 0.174. The minimum atomic E-state index is -1.50. The number of hydrogen-bond donors (Lipinski definition) is 1. The summed E-state index contributed by atoms with van der Waals surface area (Å²) in [6.07, 6.45) is 61.6. The summed E-state index contributed by atoms with van der Waals surface area (Å²) in [5, 5.41) is 9.71. The Morgan fingerprint density at radius 3 is 1.03 bits per heavy atom. The number of carbonyl (C=O) groups is 3. The van der Waals surface area contributed by atoms with Crippen molar-refractivity contribution in [3.05, 3.63) is 12.2 Å². The molecule has 0 aliphatic rings. The van der Waals surface area contributed by atoms with Gasteiger partial charge in [-0.05, 0) is 38.5 Å². The SMILES string of the molecule is CCCCCCCCCC/C=C\CCCCCCCCCCCCCCCCCCCC(=O)OC(COC(=O)CCCCCCCCCCCCCCCCCCCC)COC(OCC[N+](C)(C)C)C(=O)O. The molecular weight excluding hydrogens is 899 g/mol. The second-order valence-corrected chi connectivity index (χ2v) is 22.7. The first kappa shape index (κ1) is 70.0. The van der Waals surface area contributed by atoms with E-state index >= 15 is 0 Å². The molecule has 0 aliphatic heterocycles. The summed E-state index contributed by atoms with van der Waals surface area (Å²) in [7, 11) is 5.98. The number of esters is 2. The molecule has 1 N–H and O–H groups in total. The van der Waals surface area contributed by atoms with Crippen LogP contribution in [-0.2, 0) is 33.3 Å². The monoisotopic (exact) mass is 1020 g/mol. The fourth-order valence-electron chi connectivity index (χ4n) is 9.42. The largest absolute Gasteiger partial charge is 0.477 e. The van der Waals surface area contributed by atoms with E-state index in [2.05, 4.69) is 26.0 Å². The van der Waals surface area contributed by atoms with Crippen LogP contribution < -0.4 is 0 Å². The van der Waals surface area contributed by atoms with Gasteiger partial charge in [-0.1, -0.05) is 276 Å². The molecule has 0 aromatic rings. The highest BCUT2D eigenvalue weighted by Crippen LogP contribution is 2.18. The number of unbranched alkanes of at least 4 members (excludes halogenated alkanes) is 42. The molecule has 0 radical (unpaired) electrons. The Labute approximate surface area is 446 Å². The fourth-order valence-corrected chi connectivity index (χ4v) is 9.42. The number of carbonyl (C=O) groups excluding carboxylic acids is 2. The summed E-state index contributed by atoms with van der Waals surface area (Å²) in [5.41, 5.74) is 0. The molecule has 2 atom stereocenters. The highest BCUT2D eigenvalue weighted by atomic mass is 16.7. The third-order valence-electron chi connectivity index (χ3n) is 14.3. The van der Waals surface area contributed by atoms with E-state index in [0.29, 0.717) is 17.4 Å². The average Bonchev–Trinajstić information content (AvgIpc) is 3.35. The van der Waals surface area contributed by atoms with E-state index in [9.17, 15) is 19.5 Å². The number of quaternary nitrogens is 1. The molecule has 426 valence electrons. The lowest BCUT2D eigenvalue weighted by molar-refractivity contribution is -0.870. The van der Waals surface area contributed by atoms with Crippen molar-refractivity contribution < 1.29 is 42.9 Å². The molecule has 72 heavy (non-hydrogen) atoms. The van der Waals surface area contributed by atoms with E-state index < -0.39 is 18.4 Å². The van der Waals surface area contributed by atoms with Gasteiger partial charge >= 0.3 is 17.9 Å². The number of carboxylic acids is 1. The second-order valence-electron chi connectivity index (χ2n) is 22.7. The second kappa shape index (κ2) is 55.3. The summed E-state index contributed by atoms with van der Waals surface area (Å²) in [5.74, 6) is -1.98. The zero-order valence-corrected chi connectivity index (χ0v) is 48.6. The van der Waals surface area contributed by atoms with Crippen molar-refractivity contribution in [2.45, 2.75) is 328 Å². The van der Waals surface area contributed by atoms with Crippen LogP contribution in [0.2, 0.25) is 0 Å². The smallest absolute Gasteiger partial charge is 0.361 e. The maximum Gasteiger partial charge on any atom is 0.361 e. The average molecular weight is 1020 g/mol. The van der Waals surface area contributed by atoms with Gasteiger partial charge in [0.2, 0.25) is 0 Å². The lowest BCUT2D eigenvalue weighted by atomic mass is 10.0. The molecule has 9 heteroatoms. The van der Waals surface area contributed by atoms with Crippen LogP contribution in [0.15, 0.2) is 12.2 Å². The summed E-state index contributed by atoms with van der Waals surface area (Å²) in [6, 6.07) is 0. The normalized spacial score (nSPS) is 12.7. The number of rotatable bonds is 59. The molecule has 0 aliphatic carbocycles. The van der Waals surface area contributed by atoms with Crippen molar-refractivity contribution in [2.24, 2.45) is 0 Å². The number of carboxylic acid groups (broad SMARTS) is 1. The maximum atomic E-state index is 12.9. The summed E-state index contributed by atoms with van der Waals surface area (Å²) < 4.78 is 22.9. The first-order valence-electron chi connectivity index (χ1n) is 31.4. The predicted molar refractivity (Wildman–Crippen MR) is 305 cm³/mol. The molecule has 0 saturated carbocycles. The van der Waals surface area contributed by atoms with Crippen molar-refractivity contribution in [3.8, 4) is 0 Å². The van der Waals surface area contributed by atoms with Gasteiger partial charge in [-0.25, -0.2) is 4.79 Å². The zero-order chi connectivity index (χ0) is 52.7. The first-order chi connectivity index (χ1) is 35.1. The third-order valence-corrected chi connectivity index (χ3v) is 14.3. The van der Waals surface area contributed by atoms with Crippen LogP contribution in [0.4, 0.5) is 0 Å². The number of likely N-dealkylation sites (N-methyl/N-ethyl adjacent to an activating group) is 1. The third kappa shape index (κ3) is 55.8. The van der Waals surface area contributed by atoms with Gasteiger partial charge in [-0.2, -0.15) is 0 Å². The standard InChI is InChI=1S/C63H121NO8/c1-6-8-10-12-14-16-18-20-22-24-26-27-28-29-30-31-32-33-34-35-36-38-40-42-44-46-48-50-52-54-61(66)72-59(58-71-63(62(67)68)69-56-55-64(3,4)5)57-70-60(65)53-51-49-47-45-43-41-39-37-25-23-21-19-17-15-13-11-9-7-2/h24,26,59,63H,6-23,25,27-58H2,1-5H3/p+1/b26-24-. The molecule has 0 saturated heterocycles. The van der Waals surface area contributed by atoms with Crippen LogP contribution in [0, 0.1) is 0 Å². The quantitative estimate of drug-likeness (QED) is 0.0211. The summed E-state index contributed by atoms with van der Waals surface area (Å²) >= 11 is 0. The molecule has 0 bridgehead atoms. The van der Waals surface area contributed by atoms with E-state index in [-0.39, 0.29) is 38.2 Å². The van der Waals surface area contributed by atoms with Gasteiger partial charge in [0.1, 0.15) is 13.2 Å². The van der Waals surface area contributed by atoms with Gasteiger partial charge in [0.25, 0.3) is 6.29 Å². The number of aliphatic carboxylic acids is 1. The van der Waals surface area contributed by atoms with Gasteiger partial charge < -0.3 is 28.5 Å². The van der Waals surface area contributed by atoms with Crippen molar-refractivity contribution >= 4 is 17.9 Å². The Morgan fingerprint density at radius 2 is 0.708 bits per heavy atom. The number of allylic oxidation sites excluding steroid dienone is 2. The summed E-state index contributed by atoms with van der Waals surface area (Å²) in [4.78, 5) is 37.5. The van der Waals surface area contributed by atoms with E-state index in [1.807, 2.05) is 21.1 Å². The van der Waals surface area contributed by atoms with Crippen LogP contribution in [-0.4, -0.2) is 87.4 Å². The fraction of sp³-hybridized carbons (Fsp3) is 0.921. The van der Waals surface area contributed by atoms with Crippen LogP contribution in [0.25, 0.3) is 0 Å². The summed E-state index contributed by atoms with van der Waals surface area (Å²) in [6.45, 7) is 4.94. The molecule has 2 unspecified atom stereocenters. The van der Waals surface area contributed by atoms with Crippen molar-refractivity contribution in [3.63, 3.8) is 0 Å². The lowest BCUT2D eigenvalue weighted by Gasteiger charge is -2.25. The van der Waals surface area contributed by atoms with Gasteiger partial charge in [0, 0.05) is 12.8 Å². The van der Waals surface area contributed by atoms with E-state index in [1.165, 1.54) is 250 Å². The minimum Gasteiger partial charge on any atom is -0.477 e. The van der Waals surface area contributed by atoms with Crippen molar-refractivity contribution in [1.82, 2.24) is 0 Å². The van der Waals surface area contributed by atoms with E-state index in [4.69, 9.17) is 18.9 Å². The Balaban J connectivity index is 4.11. The van der Waals surface area contributed by atoms with E-state index in [0.717, 1.165) is 38.5 Å². The maximum absolute atomic E-state index is 12.9. The lowest BCUT2D eigenvalue weighted by Crippen LogP contribution is -2.40. The molecule has 9 nitrogen and oxygen atoms in total. The molecule has 0 aromatic carbocycles. The van der Waals surface area contributed by atoms with Crippen molar-refractivity contribution in [2.75, 3.05) is 47.5 Å². The molecule has 0 heterocycles. The zero-order valence-electron chi connectivity index (χ0n) is 48.6. The number of ether oxygens (including phenoxy) is 4. The van der Waals surface area contributed by atoms with Crippen LogP contribution in [0.5, 0.6) is 0 Å². The Bertz CT molecular complexity index is 1190. The molecular formula is C63H122NO8+. The van der Waals surface area contributed by atoms with Crippen LogP contribution in [0.3, 0.4) is 0 Å². The Hall–Kier alpha value is -1.97. The van der Waals surface area contributed by atoms with Crippen LogP contribution >= 0.6 is 0 Å². The Kier molecular flexibility index (Phi) is 53.8. The molecule has 0 spiro atoms. The first-order valence-corrected chi connectivity index (χ1v) is 31.4. The van der Waals surface area contributed by atoms with Gasteiger partial charge in [0.05, 0.1) is 34.4 Å². The van der Waals surface area contributed by atoms with Gasteiger partial charge in [-0.15, -0.1) is 0 Å². The topological polar surface area (TPSA) is 108 Å². The van der Waals surface area contributed by atoms with E-state index in [1.54, 1.807) is 0 Å². The van der Waals surface area contributed by atoms with Crippen LogP contribution in [0.1, 0.15) is 316 Å².